The summed E-state index contributed by atoms with van der Waals surface area (Å²) in [6, 6.07) is 6.32. The Morgan fingerprint density at radius 2 is 2.00 bits per heavy atom. The Labute approximate surface area is 117 Å². The Morgan fingerprint density at radius 3 is 2.68 bits per heavy atom. The van der Waals surface area contributed by atoms with Crippen LogP contribution in [0.25, 0.3) is 0 Å². The predicted molar refractivity (Wildman–Crippen MR) is 79.8 cm³/mol. The van der Waals surface area contributed by atoms with Crippen LogP contribution in [0.15, 0.2) is 18.2 Å². The van der Waals surface area contributed by atoms with Crippen molar-refractivity contribution in [3.63, 3.8) is 0 Å². The van der Waals surface area contributed by atoms with Crippen molar-refractivity contribution < 1.29 is 9.47 Å². The van der Waals surface area contributed by atoms with E-state index in [9.17, 15) is 0 Å². The molecule has 0 bridgehead atoms. The highest BCUT2D eigenvalue weighted by molar-refractivity contribution is 5.36. The van der Waals surface area contributed by atoms with Gasteiger partial charge in [0.25, 0.3) is 0 Å². The zero-order chi connectivity index (χ0) is 14.1. The zero-order valence-corrected chi connectivity index (χ0v) is 12.7. The van der Waals surface area contributed by atoms with Gasteiger partial charge in [-0.2, -0.15) is 0 Å². The second-order valence-corrected chi connectivity index (χ2v) is 5.06. The normalized spacial score (nSPS) is 11.0. The van der Waals surface area contributed by atoms with E-state index >= 15 is 0 Å². The first-order valence-corrected chi connectivity index (χ1v) is 7.18. The first kappa shape index (κ1) is 16.0. The van der Waals surface area contributed by atoms with Crippen LogP contribution in [-0.2, 0) is 11.3 Å². The molecule has 0 aromatic heterocycles. The smallest absolute Gasteiger partial charge is 0.123 e. The molecule has 3 nitrogen and oxygen atoms in total. The van der Waals surface area contributed by atoms with Gasteiger partial charge in [0.05, 0.1) is 12.7 Å². The van der Waals surface area contributed by atoms with Gasteiger partial charge >= 0.3 is 0 Å². The summed E-state index contributed by atoms with van der Waals surface area (Å²) in [4.78, 5) is 0. The fourth-order valence-electron chi connectivity index (χ4n) is 1.82. The van der Waals surface area contributed by atoms with E-state index in [2.05, 4.69) is 31.3 Å². The third kappa shape index (κ3) is 6.60. The molecule has 0 radical (unpaired) electrons. The minimum atomic E-state index is 0.257. The van der Waals surface area contributed by atoms with Gasteiger partial charge in [-0.3, -0.25) is 0 Å². The predicted octanol–water partition coefficient (Wildman–Crippen LogP) is 3.30. The van der Waals surface area contributed by atoms with Crippen molar-refractivity contribution in [2.75, 3.05) is 19.8 Å². The van der Waals surface area contributed by atoms with Crippen molar-refractivity contribution in [3.05, 3.63) is 29.3 Å². The van der Waals surface area contributed by atoms with E-state index in [1.54, 1.807) is 0 Å². The van der Waals surface area contributed by atoms with Crippen LogP contribution in [-0.4, -0.2) is 25.9 Å². The van der Waals surface area contributed by atoms with Gasteiger partial charge in [-0.1, -0.05) is 24.6 Å². The molecule has 0 atom stereocenters. The minimum Gasteiger partial charge on any atom is -0.491 e. The van der Waals surface area contributed by atoms with Crippen LogP contribution in [0, 0.1) is 6.92 Å². The lowest BCUT2D eigenvalue weighted by Gasteiger charge is -2.14. The first-order valence-electron chi connectivity index (χ1n) is 7.18. The number of nitrogens with one attached hydrogen (secondary N) is 1. The maximum Gasteiger partial charge on any atom is 0.123 e. The number of ether oxygens (including phenoxy) is 2. The van der Waals surface area contributed by atoms with Crippen molar-refractivity contribution in [1.82, 2.24) is 5.32 Å². The lowest BCUT2D eigenvalue weighted by molar-refractivity contribution is 0.0550. The molecule has 0 spiro atoms. The van der Waals surface area contributed by atoms with Gasteiger partial charge in [0.1, 0.15) is 12.4 Å². The summed E-state index contributed by atoms with van der Waals surface area (Å²) in [5.74, 6) is 0.960. The third-order valence-electron chi connectivity index (χ3n) is 2.75. The second-order valence-electron chi connectivity index (χ2n) is 5.06. The number of rotatable bonds is 9. The number of hydrogen-bond donors (Lipinski definition) is 1. The van der Waals surface area contributed by atoms with E-state index < -0.39 is 0 Å². The average Bonchev–Trinajstić information content (AvgIpc) is 2.36. The Balaban J connectivity index is 2.50. The van der Waals surface area contributed by atoms with Crippen molar-refractivity contribution in [3.8, 4) is 5.75 Å². The Bertz CT molecular complexity index is 364. The van der Waals surface area contributed by atoms with E-state index in [4.69, 9.17) is 9.47 Å². The van der Waals surface area contributed by atoms with E-state index in [1.165, 1.54) is 11.1 Å². The molecule has 0 unspecified atom stereocenters. The molecule has 108 valence electrons. The van der Waals surface area contributed by atoms with E-state index in [0.29, 0.717) is 13.2 Å². The fraction of sp³-hybridized carbons (Fsp3) is 0.625. The molecule has 0 amide bonds. The van der Waals surface area contributed by atoms with Crippen molar-refractivity contribution >= 4 is 0 Å². The number of aryl methyl sites for hydroxylation is 1. The molecule has 3 heteroatoms. The molecule has 0 saturated carbocycles. The summed E-state index contributed by atoms with van der Waals surface area (Å²) in [5, 5.41) is 3.42. The molecule has 1 N–H and O–H groups in total. The van der Waals surface area contributed by atoms with Gasteiger partial charge in [-0.15, -0.1) is 0 Å². The monoisotopic (exact) mass is 265 g/mol. The molecule has 0 saturated heterocycles. The van der Waals surface area contributed by atoms with Crippen molar-refractivity contribution in [2.24, 2.45) is 0 Å². The fourth-order valence-corrected chi connectivity index (χ4v) is 1.82. The van der Waals surface area contributed by atoms with E-state index in [1.807, 2.05) is 19.9 Å². The first-order chi connectivity index (χ1) is 9.13. The topological polar surface area (TPSA) is 30.5 Å². The van der Waals surface area contributed by atoms with Gasteiger partial charge in [0, 0.05) is 12.1 Å². The van der Waals surface area contributed by atoms with Crippen molar-refractivity contribution in [1.29, 1.82) is 0 Å². The van der Waals surface area contributed by atoms with E-state index in [0.717, 1.165) is 25.3 Å². The maximum absolute atomic E-state index is 5.81. The van der Waals surface area contributed by atoms with Gasteiger partial charge in [-0.25, -0.2) is 0 Å². The van der Waals surface area contributed by atoms with Crippen LogP contribution in [0.5, 0.6) is 5.75 Å². The molecule has 0 fully saturated rings. The van der Waals surface area contributed by atoms with Crippen LogP contribution in [0.4, 0.5) is 0 Å². The number of benzene rings is 1. The Kier molecular flexibility index (Phi) is 7.53. The largest absolute Gasteiger partial charge is 0.491 e. The highest BCUT2D eigenvalue weighted by Gasteiger charge is 2.04. The summed E-state index contributed by atoms with van der Waals surface area (Å²) in [6.45, 7) is 11.5. The summed E-state index contributed by atoms with van der Waals surface area (Å²) >= 11 is 0. The van der Waals surface area contributed by atoms with Gasteiger partial charge < -0.3 is 14.8 Å². The van der Waals surface area contributed by atoms with Crippen LogP contribution in [0.3, 0.4) is 0 Å². The summed E-state index contributed by atoms with van der Waals surface area (Å²) in [5.41, 5.74) is 2.48. The van der Waals surface area contributed by atoms with Crippen LogP contribution in [0.2, 0.25) is 0 Å². The van der Waals surface area contributed by atoms with Crippen LogP contribution >= 0.6 is 0 Å². The highest BCUT2D eigenvalue weighted by atomic mass is 16.5. The lowest BCUT2D eigenvalue weighted by atomic mass is 10.1. The van der Waals surface area contributed by atoms with Gasteiger partial charge in [0.2, 0.25) is 0 Å². The molecular formula is C16H27NO2. The average molecular weight is 265 g/mol. The minimum absolute atomic E-state index is 0.257. The van der Waals surface area contributed by atoms with Gasteiger partial charge in [-0.05, 0) is 39.8 Å². The molecule has 0 heterocycles. The van der Waals surface area contributed by atoms with Crippen LogP contribution < -0.4 is 10.1 Å². The Morgan fingerprint density at radius 1 is 1.21 bits per heavy atom. The van der Waals surface area contributed by atoms with Gasteiger partial charge in [0.15, 0.2) is 0 Å². The van der Waals surface area contributed by atoms with Crippen LogP contribution in [0.1, 0.15) is 38.3 Å². The molecule has 1 aromatic rings. The molecule has 1 rings (SSSR count). The van der Waals surface area contributed by atoms with E-state index in [-0.39, 0.29) is 6.10 Å². The molecule has 19 heavy (non-hydrogen) atoms. The standard InChI is InChI=1S/C16H27NO2/c1-5-8-17-12-15-11-14(4)6-7-16(15)19-10-9-18-13(2)3/h6-7,11,13,17H,5,8-10,12H2,1-4H3. The molecule has 0 aliphatic rings. The second kappa shape index (κ2) is 8.94. The molecule has 0 aliphatic heterocycles. The summed E-state index contributed by atoms with van der Waals surface area (Å²) in [6.07, 6.45) is 1.40. The third-order valence-corrected chi connectivity index (χ3v) is 2.75. The molecular weight excluding hydrogens is 238 g/mol. The summed E-state index contributed by atoms with van der Waals surface area (Å²) < 4.78 is 11.3. The summed E-state index contributed by atoms with van der Waals surface area (Å²) in [7, 11) is 0. The number of hydrogen-bond acceptors (Lipinski definition) is 3. The van der Waals surface area contributed by atoms with Crippen molar-refractivity contribution in [2.45, 2.75) is 46.8 Å². The molecule has 0 aliphatic carbocycles. The quantitative estimate of drug-likeness (QED) is 0.695. The lowest BCUT2D eigenvalue weighted by Crippen LogP contribution is -2.16. The maximum atomic E-state index is 5.81. The zero-order valence-electron chi connectivity index (χ0n) is 12.7. The SMILES string of the molecule is CCCNCc1cc(C)ccc1OCCOC(C)C. The highest BCUT2D eigenvalue weighted by Crippen LogP contribution is 2.20. The Hall–Kier alpha value is -1.06. The molecule has 1 aromatic carbocycles.